The van der Waals surface area contributed by atoms with Crippen LogP contribution in [0.2, 0.25) is 0 Å². The van der Waals surface area contributed by atoms with E-state index in [0.29, 0.717) is 6.42 Å². The smallest absolute Gasteiger partial charge is 0.128 e. The molecule has 0 atom stereocenters. The highest BCUT2D eigenvalue weighted by Gasteiger charge is 2.18. The second-order valence-corrected chi connectivity index (χ2v) is 8.31. The van der Waals surface area contributed by atoms with Crippen LogP contribution >= 0.6 is 39.0 Å². The first-order chi connectivity index (χ1) is 11.7. The number of hydrogen-bond donors (Lipinski definition) is 0. The van der Waals surface area contributed by atoms with Gasteiger partial charge in [0.25, 0.3) is 0 Å². The predicted octanol–water partition coefficient (Wildman–Crippen LogP) is 6.08. The number of rotatable bonds is 6. The number of nitriles is 1. The van der Waals surface area contributed by atoms with E-state index >= 15 is 0 Å². The van der Waals surface area contributed by atoms with Crippen molar-refractivity contribution in [3.05, 3.63) is 39.9 Å². The maximum absolute atomic E-state index is 8.70. The highest BCUT2D eigenvalue weighted by molar-refractivity contribution is 9.10. The normalized spacial score (nSPS) is 10.9. The van der Waals surface area contributed by atoms with Crippen molar-refractivity contribution >= 4 is 49.2 Å². The number of fused-ring (bicyclic) bond motifs is 1. The van der Waals surface area contributed by atoms with Gasteiger partial charge in [-0.05, 0) is 30.5 Å². The van der Waals surface area contributed by atoms with E-state index < -0.39 is 0 Å². The summed E-state index contributed by atoms with van der Waals surface area (Å²) in [6.07, 6.45) is 4.09. The molecule has 3 rings (SSSR count). The van der Waals surface area contributed by atoms with Crippen LogP contribution in [0.15, 0.2) is 40.1 Å². The lowest BCUT2D eigenvalue weighted by Gasteiger charge is -2.07. The Labute approximate surface area is 158 Å². The molecular weight excluding hydrogens is 402 g/mol. The number of thioether (sulfide) groups is 1. The molecule has 1 aromatic carbocycles. The number of benzene rings is 1. The molecule has 2 heterocycles. The molecule has 24 heavy (non-hydrogen) atoms. The summed E-state index contributed by atoms with van der Waals surface area (Å²) in [4.78, 5) is 11.4. The highest BCUT2D eigenvalue weighted by atomic mass is 79.9. The third kappa shape index (κ3) is 3.64. The molecule has 0 aliphatic rings. The molecule has 0 spiro atoms. The van der Waals surface area contributed by atoms with E-state index in [2.05, 4.69) is 63.2 Å². The average Bonchev–Trinajstić information content (AvgIpc) is 2.99. The molecule has 0 bridgehead atoms. The lowest BCUT2D eigenvalue weighted by Crippen LogP contribution is -1.89. The van der Waals surface area contributed by atoms with Crippen molar-refractivity contribution in [1.29, 1.82) is 5.26 Å². The van der Waals surface area contributed by atoms with Gasteiger partial charge in [-0.2, -0.15) is 5.26 Å². The molecule has 3 aromatic rings. The van der Waals surface area contributed by atoms with Crippen LogP contribution in [0.3, 0.4) is 0 Å². The zero-order valence-corrected chi connectivity index (χ0v) is 16.5. The standard InChI is InChI=1S/C18H16BrN3S2/c1-2-14-15(12-5-7-13(19)8-6-12)16-17(23-10-4-3-9-20)21-11-22-18(16)24-14/h5-8,11H,2-4,10H2,1H3. The second-order valence-electron chi connectivity index (χ2n) is 5.23. The Morgan fingerprint density at radius 2 is 2.04 bits per heavy atom. The van der Waals surface area contributed by atoms with E-state index in [9.17, 15) is 0 Å². The minimum atomic E-state index is 0.588. The Bertz CT molecular complexity index is 882. The van der Waals surface area contributed by atoms with Crippen LogP contribution in [0.5, 0.6) is 0 Å². The fraction of sp³-hybridized carbons (Fsp3) is 0.278. The third-order valence-electron chi connectivity index (χ3n) is 3.65. The first-order valence-corrected chi connectivity index (χ1v) is 10.4. The Morgan fingerprint density at radius 1 is 1.25 bits per heavy atom. The van der Waals surface area contributed by atoms with Crippen LogP contribution in [0, 0.1) is 11.3 Å². The molecule has 0 N–H and O–H groups in total. The largest absolute Gasteiger partial charge is 0.229 e. The van der Waals surface area contributed by atoms with Crippen LogP contribution in [0.25, 0.3) is 21.3 Å². The molecule has 2 aromatic heterocycles. The number of aromatic nitrogens is 2. The summed E-state index contributed by atoms with van der Waals surface area (Å²) in [5.74, 6) is 0.900. The maximum Gasteiger partial charge on any atom is 0.128 e. The molecule has 6 heteroatoms. The van der Waals surface area contributed by atoms with E-state index in [0.717, 1.165) is 38.3 Å². The third-order valence-corrected chi connectivity index (χ3v) is 6.50. The molecule has 3 nitrogen and oxygen atoms in total. The minimum Gasteiger partial charge on any atom is -0.229 e. The van der Waals surface area contributed by atoms with Crippen molar-refractivity contribution in [2.24, 2.45) is 0 Å². The maximum atomic E-state index is 8.70. The van der Waals surface area contributed by atoms with Gasteiger partial charge in [-0.1, -0.05) is 35.0 Å². The van der Waals surface area contributed by atoms with E-state index in [1.165, 1.54) is 16.0 Å². The molecule has 0 radical (unpaired) electrons. The lowest BCUT2D eigenvalue weighted by atomic mass is 10.0. The first-order valence-electron chi connectivity index (χ1n) is 7.76. The number of aryl methyl sites for hydroxylation is 1. The van der Waals surface area contributed by atoms with Crippen molar-refractivity contribution < 1.29 is 0 Å². The molecule has 0 saturated heterocycles. The fourth-order valence-corrected chi connectivity index (χ4v) is 4.93. The van der Waals surface area contributed by atoms with E-state index in [1.807, 2.05) is 0 Å². The Balaban J connectivity index is 2.08. The van der Waals surface area contributed by atoms with Gasteiger partial charge < -0.3 is 0 Å². The summed E-state index contributed by atoms with van der Waals surface area (Å²) in [7, 11) is 0. The number of thiophene rings is 1. The average molecular weight is 418 g/mol. The number of halogens is 1. The van der Waals surface area contributed by atoms with Gasteiger partial charge in [0.2, 0.25) is 0 Å². The van der Waals surface area contributed by atoms with Crippen LogP contribution in [0.1, 0.15) is 24.6 Å². The second kappa shape index (κ2) is 8.11. The topological polar surface area (TPSA) is 49.6 Å². The van der Waals surface area contributed by atoms with Gasteiger partial charge in [-0.15, -0.1) is 23.1 Å². The molecule has 122 valence electrons. The summed E-state index contributed by atoms with van der Waals surface area (Å²) in [5, 5.41) is 10.9. The summed E-state index contributed by atoms with van der Waals surface area (Å²) in [5.41, 5.74) is 2.46. The van der Waals surface area contributed by atoms with Crippen molar-refractivity contribution in [3.63, 3.8) is 0 Å². The van der Waals surface area contributed by atoms with Gasteiger partial charge in [0.15, 0.2) is 0 Å². The van der Waals surface area contributed by atoms with Gasteiger partial charge in [0.1, 0.15) is 16.2 Å². The van der Waals surface area contributed by atoms with Crippen LogP contribution in [-0.4, -0.2) is 15.7 Å². The zero-order chi connectivity index (χ0) is 16.9. The molecule has 0 fully saturated rings. The van der Waals surface area contributed by atoms with Crippen LogP contribution in [0.4, 0.5) is 0 Å². The monoisotopic (exact) mass is 417 g/mol. The summed E-state index contributed by atoms with van der Waals surface area (Å²) >= 11 is 6.98. The summed E-state index contributed by atoms with van der Waals surface area (Å²) < 4.78 is 1.08. The number of hydrogen-bond acceptors (Lipinski definition) is 5. The quantitative estimate of drug-likeness (QED) is 0.277. The molecular formula is C18H16BrN3S2. The highest BCUT2D eigenvalue weighted by Crippen LogP contribution is 2.42. The Hall–Kier alpha value is -1.42. The van der Waals surface area contributed by atoms with Crippen LogP contribution < -0.4 is 0 Å². The van der Waals surface area contributed by atoms with Gasteiger partial charge in [-0.3, -0.25) is 0 Å². The van der Waals surface area contributed by atoms with Crippen molar-refractivity contribution in [2.75, 3.05) is 5.75 Å². The SMILES string of the molecule is CCc1sc2ncnc(SCCCC#N)c2c1-c1ccc(Br)cc1. The minimum absolute atomic E-state index is 0.588. The van der Waals surface area contributed by atoms with Crippen molar-refractivity contribution in [2.45, 2.75) is 31.2 Å². The molecule has 0 aliphatic heterocycles. The van der Waals surface area contributed by atoms with E-state index in [1.54, 1.807) is 29.4 Å². The first kappa shape index (κ1) is 17.4. The van der Waals surface area contributed by atoms with Gasteiger partial charge in [0, 0.05) is 27.1 Å². The molecule has 0 amide bonds. The lowest BCUT2D eigenvalue weighted by molar-refractivity contribution is 0.977. The van der Waals surface area contributed by atoms with Gasteiger partial charge in [-0.25, -0.2) is 9.97 Å². The zero-order valence-electron chi connectivity index (χ0n) is 13.3. The molecule has 0 aliphatic carbocycles. The molecule has 0 unspecified atom stereocenters. The molecule has 0 saturated carbocycles. The summed E-state index contributed by atoms with van der Waals surface area (Å²) in [6, 6.07) is 10.6. The van der Waals surface area contributed by atoms with E-state index in [4.69, 9.17) is 5.26 Å². The number of unbranched alkanes of at least 4 members (excludes halogenated alkanes) is 1. The Morgan fingerprint density at radius 3 is 2.75 bits per heavy atom. The van der Waals surface area contributed by atoms with Gasteiger partial charge in [0.05, 0.1) is 11.5 Å². The Kier molecular flexibility index (Phi) is 5.88. The summed E-state index contributed by atoms with van der Waals surface area (Å²) in [6.45, 7) is 2.18. The predicted molar refractivity (Wildman–Crippen MR) is 106 cm³/mol. The fourth-order valence-electron chi connectivity index (χ4n) is 2.55. The van der Waals surface area contributed by atoms with Gasteiger partial charge >= 0.3 is 0 Å². The number of nitrogens with zero attached hydrogens (tertiary/aromatic N) is 3. The van der Waals surface area contributed by atoms with Crippen molar-refractivity contribution in [3.8, 4) is 17.2 Å². The van der Waals surface area contributed by atoms with Crippen LogP contribution in [-0.2, 0) is 6.42 Å². The van der Waals surface area contributed by atoms with E-state index in [-0.39, 0.29) is 0 Å². The van der Waals surface area contributed by atoms with Crippen molar-refractivity contribution in [1.82, 2.24) is 9.97 Å².